The van der Waals surface area contributed by atoms with Crippen molar-refractivity contribution < 1.29 is 27.8 Å². The Hall–Kier alpha value is -5.45. The largest absolute Gasteiger partial charge is 0.482 e. The number of amides is 2. The molecule has 0 spiro atoms. The summed E-state index contributed by atoms with van der Waals surface area (Å²) in [4.78, 5) is 42.1. The predicted molar refractivity (Wildman–Crippen MR) is 175 cm³/mol. The van der Waals surface area contributed by atoms with Crippen LogP contribution in [0.4, 0.5) is 13.6 Å². The minimum absolute atomic E-state index is 0.0199. The van der Waals surface area contributed by atoms with Crippen LogP contribution >= 0.6 is 0 Å². The molecule has 9 nitrogen and oxygen atoms in total. The molecule has 0 saturated heterocycles. The SMILES string of the molecule is CN1C(=O)c2c(OCc3ccccc3)c(=O)ccn2N(C23C(=Cc4c(F)cccc42)Cc2c(F)cccc23)C1CNC(=O)OC(C)(C)C. The summed E-state index contributed by atoms with van der Waals surface area (Å²) in [6.07, 6.45) is 1.73. The zero-order chi connectivity index (χ0) is 34.0. The number of carbonyl (C=O) groups excluding carboxylic acids is 2. The van der Waals surface area contributed by atoms with Crippen LogP contribution in [0.2, 0.25) is 0 Å². The Morgan fingerprint density at radius 3 is 2.40 bits per heavy atom. The highest BCUT2D eigenvalue weighted by atomic mass is 19.1. The van der Waals surface area contributed by atoms with Gasteiger partial charge in [0.15, 0.2) is 11.4 Å². The number of halogens is 2. The molecule has 7 rings (SSSR count). The fraction of sp³-hybridized carbons (Fsp3) is 0.270. The number of rotatable bonds is 6. The Balaban J connectivity index is 1.47. The minimum Gasteiger partial charge on any atom is -0.482 e. The molecule has 1 aliphatic heterocycles. The molecule has 3 aromatic carbocycles. The van der Waals surface area contributed by atoms with Gasteiger partial charge < -0.3 is 19.7 Å². The molecule has 2 aliphatic carbocycles. The molecule has 0 bridgehead atoms. The van der Waals surface area contributed by atoms with Crippen LogP contribution < -0.4 is 20.5 Å². The van der Waals surface area contributed by atoms with Crippen molar-refractivity contribution in [3.8, 4) is 5.75 Å². The molecule has 2 amide bonds. The maximum Gasteiger partial charge on any atom is 0.407 e. The number of nitrogens with zero attached hydrogens (tertiary/aromatic N) is 3. The topological polar surface area (TPSA) is 93.1 Å². The Kier molecular flexibility index (Phi) is 7.38. The number of benzene rings is 3. The maximum absolute atomic E-state index is 15.6. The summed E-state index contributed by atoms with van der Waals surface area (Å²) in [7, 11) is 1.56. The highest BCUT2D eigenvalue weighted by molar-refractivity contribution is 5.97. The zero-order valence-electron chi connectivity index (χ0n) is 26.9. The van der Waals surface area contributed by atoms with Crippen molar-refractivity contribution in [1.29, 1.82) is 0 Å². The third-order valence-electron chi connectivity index (χ3n) is 9.02. The maximum atomic E-state index is 15.6. The molecular weight excluding hydrogens is 618 g/mol. The van der Waals surface area contributed by atoms with Crippen molar-refractivity contribution in [2.45, 2.75) is 51.1 Å². The van der Waals surface area contributed by atoms with Crippen LogP contribution in [-0.4, -0.2) is 46.9 Å². The van der Waals surface area contributed by atoms with Crippen LogP contribution in [0.5, 0.6) is 5.75 Å². The van der Waals surface area contributed by atoms with Crippen molar-refractivity contribution >= 4 is 18.1 Å². The van der Waals surface area contributed by atoms with Gasteiger partial charge in [-0.3, -0.25) is 19.3 Å². The monoisotopic (exact) mass is 652 g/mol. The van der Waals surface area contributed by atoms with Gasteiger partial charge in [0, 0.05) is 24.9 Å². The lowest BCUT2D eigenvalue weighted by molar-refractivity contribution is 0.0453. The average molecular weight is 653 g/mol. The second-order valence-corrected chi connectivity index (χ2v) is 13.1. The number of aromatic nitrogens is 1. The lowest BCUT2D eigenvalue weighted by atomic mass is 9.82. The lowest BCUT2D eigenvalue weighted by Crippen LogP contribution is -2.69. The molecule has 2 atom stereocenters. The fourth-order valence-corrected chi connectivity index (χ4v) is 7.07. The summed E-state index contributed by atoms with van der Waals surface area (Å²) >= 11 is 0. The number of nitrogens with one attached hydrogen (secondary N) is 1. The molecule has 3 aliphatic rings. The number of likely N-dealkylation sites (N-methyl/N-ethyl adjacent to an activating group) is 1. The molecule has 4 aromatic rings. The first kappa shape index (κ1) is 31.2. The minimum atomic E-state index is -1.34. The number of pyridine rings is 1. The van der Waals surface area contributed by atoms with Gasteiger partial charge in [-0.2, -0.15) is 0 Å². The van der Waals surface area contributed by atoms with Crippen molar-refractivity contribution in [3.05, 3.63) is 140 Å². The molecular formula is C37H34F2N4O5. The van der Waals surface area contributed by atoms with Gasteiger partial charge in [-0.15, -0.1) is 0 Å². The number of alkyl carbamates (subject to hydrolysis) is 1. The molecule has 48 heavy (non-hydrogen) atoms. The summed E-state index contributed by atoms with van der Waals surface area (Å²) in [6, 6.07) is 20.1. The van der Waals surface area contributed by atoms with Crippen molar-refractivity contribution in [1.82, 2.24) is 14.9 Å². The molecule has 0 fully saturated rings. The first-order chi connectivity index (χ1) is 22.9. The summed E-state index contributed by atoms with van der Waals surface area (Å²) in [5, 5.41) is 4.61. The van der Waals surface area contributed by atoms with Gasteiger partial charge >= 0.3 is 6.09 Å². The van der Waals surface area contributed by atoms with Crippen LogP contribution in [0.25, 0.3) is 6.08 Å². The smallest absolute Gasteiger partial charge is 0.407 e. The first-order valence-corrected chi connectivity index (χ1v) is 15.7. The normalized spacial score (nSPS) is 19.2. The highest BCUT2D eigenvalue weighted by Crippen LogP contribution is 2.57. The Labute approximate surface area is 276 Å². The van der Waals surface area contributed by atoms with Crippen molar-refractivity contribution in [3.63, 3.8) is 0 Å². The van der Waals surface area contributed by atoms with Crippen LogP contribution in [0.1, 0.15) is 59.1 Å². The molecule has 1 N–H and O–H groups in total. The van der Waals surface area contributed by atoms with E-state index in [4.69, 9.17) is 9.47 Å². The molecule has 2 unspecified atom stereocenters. The van der Waals surface area contributed by atoms with E-state index < -0.39 is 46.4 Å². The number of hydrogen-bond donors (Lipinski definition) is 1. The summed E-state index contributed by atoms with van der Waals surface area (Å²) < 4.78 is 44.3. The van der Waals surface area contributed by atoms with Gasteiger partial charge in [-0.1, -0.05) is 54.6 Å². The van der Waals surface area contributed by atoms with E-state index in [-0.39, 0.29) is 31.0 Å². The van der Waals surface area contributed by atoms with E-state index in [0.717, 1.165) is 5.56 Å². The quantitative estimate of drug-likeness (QED) is 0.297. The van der Waals surface area contributed by atoms with Gasteiger partial charge in [0.2, 0.25) is 5.43 Å². The van der Waals surface area contributed by atoms with Crippen molar-refractivity contribution in [2.75, 3.05) is 18.6 Å². The number of fused-ring (bicyclic) bond motifs is 6. The third kappa shape index (κ3) is 4.83. The van der Waals surface area contributed by atoms with Gasteiger partial charge in [-0.05, 0) is 73.2 Å². The molecule has 1 aromatic heterocycles. The Bertz CT molecular complexity index is 2060. The Morgan fingerprint density at radius 2 is 1.67 bits per heavy atom. The third-order valence-corrected chi connectivity index (χ3v) is 9.02. The molecule has 2 heterocycles. The van der Waals surface area contributed by atoms with Crippen LogP contribution in [0.3, 0.4) is 0 Å². The summed E-state index contributed by atoms with van der Waals surface area (Å²) in [5.41, 5.74) is 0.622. The van der Waals surface area contributed by atoms with Gasteiger partial charge in [0.25, 0.3) is 5.91 Å². The standard InChI is InChI=1S/C37H34F2N4O5/c1-36(2,3)48-35(46)40-20-31-41(4)34(45)32-33(47-21-22-10-6-5-7-11-22)30(44)16-17-42(32)43(31)37-23(18-24-26(37)12-8-14-28(24)38)19-25-27(37)13-9-15-29(25)39/h5-18,31H,19-21H2,1-4H3,(H,40,46). The number of ether oxygens (including phenoxy) is 2. The predicted octanol–water partition coefficient (Wildman–Crippen LogP) is 5.48. The molecule has 11 heteroatoms. The highest BCUT2D eigenvalue weighted by Gasteiger charge is 2.58. The first-order valence-electron chi connectivity index (χ1n) is 15.7. The zero-order valence-corrected chi connectivity index (χ0v) is 26.9. The second kappa shape index (κ2) is 11.4. The van der Waals surface area contributed by atoms with Crippen LogP contribution in [0.15, 0.2) is 89.4 Å². The van der Waals surface area contributed by atoms with E-state index in [9.17, 15) is 14.4 Å². The van der Waals surface area contributed by atoms with E-state index in [1.54, 1.807) is 62.8 Å². The number of hydrogen-bond acceptors (Lipinski definition) is 6. The van der Waals surface area contributed by atoms with E-state index in [0.29, 0.717) is 27.8 Å². The second-order valence-electron chi connectivity index (χ2n) is 13.1. The van der Waals surface area contributed by atoms with Gasteiger partial charge in [0.1, 0.15) is 35.5 Å². The average Bonchev–Trinajstić information content (AvgIpc) is 3.54. The van der Waals surface area contributed by atoms with Crippen LogP contribution in [0, 0.1) is 11.6 Å². The molecule has 0 saturated carbocycles. The fourth-order valence-electron chi connectivity index (χ4n) is 7.07. The molecule has 0 radical (unpaired) electrons. The Morgan fingerprint density at radius 1 is 0.958 bits per heavy atom. The lowest BCUT2D eigenvalue weighted by Gasteiger charge is -2.53. The van der Waals surface area contributed by atoms with E-state index in [1.165, 1.54) is 29.3 Å². The molecule has 246 valence electrons. The summed E-state index contributed by atoms with van der Waals surface area (Å²) in [6.45, 7) is 5.10. The van der Waals surface area contributed by atoms with E-state index >= 15 is 8.78 Å². The van der Waals surface area contributed by atoms with Crippen molar-refractivity contribution in [2.24, 2.45) is 0 Å². The van der Waals surface area contributed by atoms with Gasteiger partial charge in [0.05, 0.1) is 6.54 Å². The van der Waals surface area contributed by atoms with E-state index in [2.05, 4.69) is 5.32 Å². The van der Waals surface area contributed by atoms with Crippen LogP contribution in [-0.2, 0) is 23.3 Å². The summed E-state index contributed by atoms with van der Waals surface area (Å²) in [5.74, 6) is -1.58. The van der Waals surface area contributed by atoms with Gasteiger partial charge in [-0.25, -0.2) is 13.6 Å². The van der Waals surface area contributed by atoms with E-state index in [1.807, 2.05) is 35.3 Å². The number of carbonyl (C=O) groups is 2.